The molecule has 1 aliphatic heterocycles. The van der Waals surface area contributed by atoms with Crippen LogP contribution in [0.4, 0.5) is 0 Å². The van der Waals surface area contributed by atoms with E-state index in [1.807, 2.05) is 11.8 Å². The maximum Gasteiger partial charge on any atom is 0.257 e. The summed E-state index contributed by atoms with van der Waals surface area (Å²) in [6, 6.07) is 0. The maximum absolute atomic E-state index is 12.2. The van der Waals surface area contributed by atoms with Crippen LogP contribution in [0.3, 0.4) is 0 Å². The van der Waals surface area contributed by atoms with E-state index >= 15 is 0 Å². The molecule has 18 heavy (non-hydrogen) atoms. The molecule has 0 N–H and O–H groups in total. The minimum Gasteiger partial charge on any atom is -0.301 e. The van der Waals surface area contributed by atoms with E-state index in [0.717, 1.165) is 18.6 Å². The molecule has 1 saturated heterocycles. The van der Waals surface area contributed by atoms with Crippen LogP contribution in [-0.4, -0.2) is 65.9 Å². The maximum atomic E-state index is 12.2. The van der Waals surface area contributed by atoms with Gasteiger partial charge in [-0.3, -0.25) is 0 Å². The Bertz CT molecular complexity index is 465. The van der Waals surface area contributed by atoms with E-state index in [9.17, 15) is 12.6 Å². The molecule has 0 aromatic carbocycles. The van der Waals surface area contributed by atoms with Gasteiger partial charge in [-0.2, -0.15) is 11.8 Å². The fourth-order valence-electron chi connectivity index (χ4n) is 1.72. The fraction of sp³-hybridized carbons (Fsp3) is 1.00. The van der Waals surface area contributed by atoms with E-state index in [-0.39, 0.29) is 0 Å². The SMILES string of the molecule is CC(C)SCCN1CCS(=O)(=NS(C)(=O)=O)CC1. The van der Waals surface area contributed by atoms with E-state index in [4.69, 9.17) is 0 Å². The van der Waals surface area contributed by atoms with Crippen molar-refractivity contribution in [3.8, 4) is 0 Å². The number of thioether (sulfide) groups is 1. The van der Waals surface area contributed by atoms with Crippen LogP contribution in [0.1, 0.15) is 13.8 Å². The standard InChI is InChI=1S/C10H22N2O3S3/c1-10(2)16-7-4-12-5-8-18(15,9-6-12)11-17(3,13)14/h10H,4-9H2,1-3H3. The zero-order valence-electron chi connectivity index (χ0n) is 11.2. The predicted octanol–water partition coefficient (Wildman–Crippen LogP) is 0.871. The van der Waals surface area contributed by atoms with Gasteiger partial charge in [0.05, 0.1) is 16.0 Å². The molecule has 108 valence electrons. The lowest BCUT2D eigenvalue weighted by Crippen LogP contribution is -2.41. The smallest absolute Gasteiger partial charge is 0.257 e. The van der Waals surface area contributed by atoms with Crippen LogP contribution < -0.4 is 0 Å². The van der Waals surface area contributed by atoms with Gasteiger partial charge in [-0.15, -0.1) is 3.77 Å². The summed E-state index contributed by atoms with van der Waals surface area (Å²) in [5.41, 5.74) is 0. The van der Waals surface area contributed by atoms with Gasteiger partial charge in [0.1, 0.15) is 0 Å². The van der Waals surface area contributed by atoms with Crippen molar-refractivity contribution in [2.45, 2.75) is 19.1 Å². The van der Waals surface area contributed by atoms with Crippen LogP contribution >= 0.6 is 11.8 Å². The van der Waals surface area contributed by atoms with Gasteiger partial charge in [-0.25, -0.2) is 12.6 Å². The van der Waals surface area contributed by atoms with E-state index in [0.29, 0.717) is 29.8 Å². The first-order valence-corrected chi connectivity index (χ1v) is 10.7. The Morgan fingerprint density at radius 1 is 1.33 bits per heavy atom. The molecule has 5 nitrogen and oxygen atoms in total. The number of hydrogen-bond donors (Lipinski definition) is 0. The summed E-state index contributed by atoms with van der Waals surface area (Å²) in [5, 5.41) is 0.624. The topological polar surface area (TPSA) is 66.8 Å². The molecule has 0 radical (unpaired) electrons. The minimum atomic E-state index is -3.50. The molecule has 1 aliphatic rings. The van der Waals surface area contributed by atoms with Crippen molar-refractivity contribution in [1.82, 2.24) is 4.90 Å². The van der Waals surface area contributed by atoms with Crippen LogP contribution in [-0.2, 0) is 19.8 Å². The van der Waals surface area contributed by atoms with E-state index in [1.165, 1.54) is 0 Å². The van der Waals surface area contributed by atoms with Gasteiger partial charge in [0.15, 0.2) is 0 Å². The summed E-state index contributed by atoms with van der Waals surface area (Å²) in [6.07, 6.45) is 1.01. The summed E-state index contributed by atoms with van der Waals surface area (Å²) < 4.78 is 37.8. The van der Waals surface area contributed by atoms with Gasteiger partial charge >= 0.3 is 0 Å². The van der Waals surface area contributed by atoms with Gasteiger partial charge < -0.3 is 4.90 Å². The lowest BCUT2D eigenvalue weighted by Gasteiger charge is -2.28. The third-order valence-corrected chi connectivity index (χ3v) is 7.48. The van der Waals surface area contributed by atoms with Crippen molar-refractivity contribution in [2.24, 2.45) is 3.77 Å². The molecular formula is C10H22N2O3S3. The van der Waals surface area contributed by atoms with E-state index in [2.05, 4.69) is 22.5 Å². The summed E-state index contributed by atoms with van der Waals surface area (Å²) >= 11 is 1.90. The van der Waals surface area contributed by atoms with Gasteiger partial charge in [0, 0.05) is 36.9 Å². The number of rotatable bonds is 5. The predicted molar refractivity (Wildman–Crippen MR) is 79.2 cm³/mol. The van der Waals surface area contributed by atoms with Crippen LogP contribution in [0.15, 0.2) is 3.77 Å². The Hall–Kier alpha value is 0.210. The number of hydrogen-bond acceptors (Lipinski definition) is 5. The van der Waals surface area contributed by atoms with E-state index in [1.54, 1.807) is 0 Å². The van der Waals surface area contributed by atoms with Gasteiger partial charge in [0.2, 0.25) is 0 Å². The molecule has 0 aromatic heterocycles. The average Bonchev–Trinajstić information content (AvgIpc) is 2.17. The van der Waals surface area contributed by atoms with Crippen LogP contribution in [0.25, 0.3) is 0 Å². The zero-order valence-corrected chi connectivity index (χ0v) is 13.6. The van der Waals surface area contributed by atoms with Gasteiger partial charge in [-0.1, -0.05) is 13.8 Å². The fourth-order valence-corrected chi connectivity index (χ4v) is 6.42. The first kappa shape index (κ1) is 16.3. The summed E-state index contributed by atoms with van der Waals surface area (Å²) in [5.74, 6) is 1.79. The highest BCUT2D eigenvalue weighted by Gasteiger charge is 2.21. The highest BCUT2D eigenvalue weighted by molar-refractivity contribution is 8.03. The van der Waals surface area contributed by atoms with Crippen LogP contribution in [0.2, 0.25) is 0 Å². The number of sulfonamides is 1. The minimum absolute atomic E-state index is 0.367. The Morgan fingerprint density at radius 3 is 2.33 bits per heavy atom. The molecule has 0 spiro atoms. The van der Waals surface area contributed by atoms with Crippen molar-refractivity contribution >= 4 is 31.5 Å². The molecule has 8 heteroatoms. The molecule has 0 unspecified atom stereocenters. The largest absolute Gasteiger partial charge is 0.301 e. The molecular weight excluding hydrogens is 292 g/mol. The van der Waals surface area contributed by atoms with Crippen molar-refractivity contribution in [3.63, 3.8) is 0 Å². The van der Waals surface area contributed by atoms with Crippen molar-refractivity contribution in [1.29, 1.82) is 0 Å². The second-order valence-electron chi connectivity index (χ2n) is 4.75. The molecule has 0 atom stereocenters. The first-order chi connectivity index (χ1) is 8.20. The zero-order chi connectivity index (χ0) is 13.8. The molecule has 0 aromatic rings. The normalized spacial score (nSPS) is 21.1. The van der Waals surface area contributed by atoms with E-state index < -0.39 is 19.8 Å². The monoisotopic (exact) mass is 314 g/mol. The second-order valence-corrected chi connectivity index (χ2v) is 10.9. The van der Waals surface area contributed by atoms with Crippen LogP contribution in [0.5, 0.6) is 0 Å². The van der Waals surface area contributed by atoms with Gasteiger partial charge in [0.25, 0.3) is 10.0 Å². The number of nitrogens with zero attached hydrogens (tertiary/aromatic N) is 2. The highest BCUT2D eigenvalue weighted by atomic mass is 32.3. The molecule has 0 amide bonds. The Balaban J connectivity index is 2.46. The average molecular weight is 314 g/mol. The molecule has 1 heterocycles. The van der Waals surface area contributed by atoms with Crippen molar-refractivity contribution in [2.75, 3.05) is 43.1 Å². The summed E-state index contributed by atoms with van der Waals surface area (Å²) in [6.45, 7) is 6.65. The quantitative estimate of drug-likeness (QED) is 0.753. The third kappa shape index (κ3) is 6.40. The molecule has 0 aliphatic carbocycles. The molecule has 1 fully saturated rings. The Morgan fingerprint density at radius 2 is 1.89 bits per heavy atom. The van der Waals surface area contributed by atoms with Crippen molar-refractivity contribution < 1.29 is 12.6 Å². The lowest BCUT2D eigenvalue weighted by molar-refractivity contribution is 0.318. The lowest BCUT2D eigenvalue weighted by atomic mass is 10.5. The summed E-state index contributed by atoms with van der Waals surface area (Å²) in [4.78, 5) is 2.23. The van der Waals surface area contributed by atoms with Gasteiger partial charge in [-0.05, 0) is 5.25 Å². The van der Waals surface area contributed by atoms with Crippen molar-refractivity contribution in [3.05, 3.63) is 0 Å². The highest BCUT2D eigenvalue weighted by Crippen LogP contribution is 2.12. The van der Waals surface area contributed by atoms with Crippen LogP contribution in [0, 0.1) is 0 Å². The Kier molecular flexibility index (Phi) is 5.95. The Labute approximate surface area is 115 Å². The third-order valence-electron chi connectivity index (χ3n) is 2.58. The summed E-state index contributed by atoms with van der Waals surface area (Å²) in [7, 11) is -6.03. The molecule has 1 rings (SSSR count). The second kappa shape index (κ2) is 6.58. The molecule has 0 bridgehead atoms. The molecule has 0 saturated carbocycles. The first-order valence-electron chi connectivity index (χ1n) is 5.98.